The Morgan fingerprint density at radius 2 is 2.04 bits per heavy atom. The summed E-state index contributed by atoms with van der Waals surface area (Å²) >= 11 is 0. The summed E-state index contributed by atoms with van der Waals surface area (Å²) in [6, 6.07) is 6.49. The normalized spacial score (nSPS) is 16.6. The molecular weight excluding hydrogens is 340 g/mol. The van der Waals surface area contributed by atoms with E-state index in [1.54, 1.807) is 6.21 Å². The molecule has 4 rings (SSSR count). The van der Waals surface area contributed by atoms with E-state index in [0.717, 1.165) is 11.3 Å². The first-order chi connectivity index (χ1) is 12.5. The molecule has 10 heteroatoms. The van der Waals surface area contributed by atoms with E-state index in [-0.39, 0.29) is 23.1 Å². The molecule has 2 aromatic heterocycles. The minimum absolute atomic E-state index is 0.00201. The number of hydrogen-bond acceptors (Lipinski definition) is 7. The number of carbonyl (C=O) groups excluding carboxylic acids is 1. The van der Waals surface area contributed by atoms with Crippen molar-refractivity contribution < 1.29 is 9.53 Å². The highest BCUT2D eigenvalue weighted by atomic mass is 16.5. The van der Waals surface area contributed by atoms with Crippen molar-refractivity contribution in [3.05, 3.63) is 50.7 Å². The zero-order valence-electron chi connectivity index (χ0n) is 13.4. The predicted octanol–water partition coefficient (Wildman–Crippen LogP) is 0.0620. The molecule has 0 bridgehead atoms. The van der Waals surface area contributed by atoms with Gasteiger partial charge in [0.05, 0.1) is 5.69 Å². The Morgan fingerprint density at radius 3 is 2.88 bits per heavy atom. The molecule has 10 nitrogen and oxygen atoms in total. The molecule has 1 unspecified atom stereocenters. The van der Waals surface area contributed by atoms with Gasteiger partial charge in [0.1, 0.15) is 6.04 Å². The average molecular weight is 354 g/mol. The summed E-state index contributed by atoms with van der Waals surface area (Å²) in [5.74, 6) is -0.788. The number of imidazole rings is 1. The summed E-state index contributed by atoms with van der Waals surface area (Å²) in [7, 11) is 0. The maximum atomic E-state index is 12.2. The number of nitrogens with one attached hydrogen (secondary N) is 3. The van der Waals surface area contributed by atoms with Gasteiger partial charge in [-0.2, -0.15) is 4.98 Å². The molecule has 5 N–H and O–H groups in total. The number of ether oxygens (including phenoxy) is 1. The minimum atomic E-state index is -0.914. The first-order valence-electron chi connectivity index (χ1n) is 7.84. The summed E-state index contributed by atoms with van der Waals surface area (Å²) in [5, 5.41) is 0. The molecule has 1 aromatic carbocycles. The molecule has 0 amide bonds. The molecule has 0 radical (unpaired) electrons. The smallest absolute Gasteiger partial charge is 0.330 e. The van der Waals surface area contributed by atoms with Crippen molar-refractivity contribution in [3.63, 3.8) is 0 Å². The average Bonchev–Trinajstić information content (AvgIpc) is 3.19. The topological polar surface area (TPSA) is 159 Å². The highest BCUT2D eigenvalue weighted by molar-refractivity contribution is 5.83. The zero-order chi connectivity index (χ0) is 18.3. The highest BCUT2D eigenvalue weighted by Crippen LogP contribution is 2.34. The molecule has 0 fully saturated rings. The van der Waals surface area contributed by atoms with Crippen LogP contribution in [0.5, 0.6) is 6.01 Å². The Kier molecular flexibility index (Phi) is 3.73. The third-order valence-corrected chi connectivity index (χ3v) is 4.11. The van der Waals surface area contributed by atoms with Gasteiger partial charge in [0.2, 0.25) is 0 Å². The van der Waals surface area contributed by atoms with Crippen molar-refractivity contribution in [1.29, 1.82) is 0 Å². The Labute approximate surface area is 145 Å². The Morgan fingerprint density at radius 1 is 1.23 bits per heavy atom. The maximum Gasteiger partial charge on any atom is 0.330 e. The quantitative estimate of drug-likeness (QED) is 0.485. The fraction of sp³-hybridized carbons (Fsp3) is 0.188. The zero-order valence-corrected chi connectivity index (χ0v) is 13.4. The van der Waals surface area contributed by atoms with Crippen LogP contribution in [-0.2, 0) is 4.79 Å². The first kappa shape index (κ1) is 16.0. The number of esters is 1. The van der Waals surface area contributed by atoms with E-state index in [0.29, 0.717) is 6.42 Å². The SMILES string of the molecule is N[C@@H](CC1C=Nc2ccccc21)C(=O)Oc1nc2[nH]c(=O)[nH]c(=O)c2[nH]1. The lowest BCUT2D eigenvalue weighted by atomic mass is 9.94. The van der Waals surface area contributed by atoms with E-state index in [1.165, 1.54) is 0 Å². The summed E-state index contributed by atoms with van der Waals surface area (Å²) in [6.07, 6.45) is 2.07. The van der Waals surface area contributed by atoms with Crippen LogP contribution in [0, 0.1) is 0 Å². The fourth-order valence-electron chi connectivity index (χ4n) is 2.86. The van der Waals surface area contributed by atoms with E-state index in [4.69, 9.17) is 10.5 Å². The van der Waals surface area contributed by atoms with Gasteiger partial charge in [-0.05, 0) is 18.1 Å². The molecule has 132 valence electrons. The van der Waals surface area contributed by atoms with Crippen molar-refractivity contribution in [3.8, 4) is 6.01 Å². The monoisotopic (exact) mass is 354 g/mol. The number of nitrogens with zero attached hydrogens (tertiary/aromatic N) is 2. The molecular formula is C16H14N6O4. The van der Waals surface area contributed by atoms with E-state index >= 15 is 0 Å². The van der Waals surface area contributed by atoms with Crippen LogP contribution in [0.4, 0.5) is 5.69 Å². The van der Waals surface area contributed by atoms with Crippen LogP contribution in [0.3, 0.4) is 0 Å². The lowest BCUT2D eigenvalue weighted by molar-refractivity contribution is -0.136. The van der Waals surface area contributed by atoms with E-state index < -0.39 is 23.3 Å². The van der Waals surface area contributed by atoms with Gasteiger partial charge in [-0.1, -0.05) is 18.2 Å². The molecule has 26 heavy (non-hydrogen) atoms. The third-order valence-electron chi connectivity index (χ3n) is 4.11. The van der Waals surface area contributed by atoms with E-state index in [1.807, 2.05) is 29.2 Å². The molecule has 0 saturated heterocycles. The van der Waals surface area contributed by atoms with Crippen molar-refractivity contribution in [1.82, 2.24) is 19.9 Å². The van der Waals surface area contributed by atoms with Crippen LogP contribution in [0.15, 0.2) is 38.8 Å². The maximum absolute atomic E-state index is 12.2. The summed E-state index contributed by atoms with van der Waals surface area (Å²) in [4.78, 5) is 50.2. The van der Waals surface area contributed by atoms with Gasteiger partial charge in [-0.25, -0.2) is 9.59 Å². The van der Waals surface area contributed by atoms with Gasteiger partial charge in [-0.15, -0.1) is 0 Å². The number of H-pyrrole nitrogens is 3. The molecule has 3 aromatic rings. The minimum Gasteiger partial charge on any atom is -0.391 e. The number of aliphatic imine (C=N–C) groups is 1. The number of aromatic nitrogens is 4. The van der Waals surface area contributed by atoms with Gasteiger partial charge in [0, 0.05) is 12.1 Å². The number of hydrogen-bond donors (Lipinski definition) is 4. The highest BCUT2D eigenvalue weighted by Gasteiger charge is 2.26. The van der Waals surface area contributed by atoms with Gasteiger partial charge >= 0.3 is 17.7 Å². The molecule has 0 aliphatic carbocycles. The number of nitrogens with two attached hydrogens (primary N) is 1. The van der Waals surface area contributed by atoms with Gasteiger partial charge < -0.3 is 15.5 Å². The van der Waals surface area contributed by atoms with Crippen LogP contribution in [-0.4, -0.2) is 38.2 Å². The second-order valence-electron chi connectivity index (χ2n) is 5.88. The molecule has 3 heterocycles. The number of para-hydroxylation sites is 1. The van der Waals surface area contributed by atoms with E-state index in [9.17, 15) is 14.4 Å². The van der Waals surface area contributed by atoms with Crippen molar-refractivity contribution >= 4 is 29.0 Å². The standard InChI is InChI=1S/C16H14N6O4/c17-9(5-7-6-18-10-4-2-1-3-8(7)10)14(24)26-16-19-11-12(21-16)20-15(25)22-13(11)23/h1-4,6-7,9H,5,17H2,(H3,19,20,21,22,23,25)/t7?,9-/m0/s1. The summed E-state index contributed by atoms with van der Waals surface area (Å²) in [6.45, 7) is 0. The van der Waals surface area contributed by atoms with Crippen LogP contribution in [0.25, 0.3) is 11.2 Å². The van der Waals surface area contributed by atoms with Gasteiger partial charge in [0.15, 0.2) is 11.2 Å². The second kappa shape index (κ2) is 6.08. The second-order valence-corrected chi connectivity index (χ2v) is 5.88. The Hall–Kier alpha value is -3.53. The van der Waals surface area contributed by atoms with Crippen LogP contribution in [0.1, 0.15) is 17.9 Å². The summed E-state index contributed by atoms with van der Waals surface area (Å²) in [5.41, 5.74) is 6.43. The number of rotatable bonds is 4. The third kappa shape index (κ3) is 2.82. The molecule has 0 saturated carbocycles. The predicted molar refractivity (Wildman–Crippen MR) is 92.9 cm³/mol. The first-order valence-corrected chi connectivity index (χ1v) is 7.84. The fourth-order valence-corrected chi connectivity index (χ4v) is 2.86. The number of benzene rings is 1. The number of aromatic amines is 3. The van der Waals surface area contributed by atoms with Crippen LogP contribution >= 0.6 is 0 Å². The van der Waals surface area contributed by atoms with Crippen molar-refractivity contribution in [2.75, 3.05) is 0 Å². The van der Waals surface area contributed by atoms with Crippen molar-refractivity contribution in [2.45, 2.75) is 18.4 Å². The van der Waals surface area contributed by atoms with Gasteiger partial charge in [0.25, 0.3) is 5.56 Å². The molecule has 0 spiro atoms. The number of carbonyl (C=O) groups is 1. The Balaban J connectivity index is 1.48. The lowest BCUT2D eigenvalue weighted by Crippen LogP contribution is -2.36. The Bertz CT molecular complexity index is 1140. The number of fused-ring (bicyclic) bond motifs is 2. The summed E-state index contributed by atoms with van der Waals surface area (Å²) < 4.78 is 5.10. The lowest BCUT2D eigenvalue weighted by Gasteiger charge is -2.14. The van der Waals surface area contributed by atoms with Crippen LogP contribution in [0.2, 0.25) is 0 Å². The largest absolute Gasteiger partial charge is 0.391 e. The van der Waals surface area contributed by atoms with Crippen LogP contribution < -0.4 is 21.7 Å². The molecule has 1 aliphatic rings. The molecule has 2 atom stereocenters. The van der Waals surface area contributed by atoms with E-state index in [2.05, 4.69) is 19.9 Å². The molecule has 1 aliphatic heterocycles. The van der Waals surface area contributed by atoms with Gasteiger partial charge in [-0.3, -0.25) is 19.8 Å². The van der Waals surface area contributed by atoms with Crippen molar-refractivity contribution in [2.24, 2.45) is 10.7 Å².